The maximum atomic E-state index is 12.8. The molecule has 2 aromatic heterocycles. The van der Waals surface area contributed by atoms with Crippen LogP contribution in [0.3, 0.4) is 0 Å². The summed E-state index contributed by atoms with van der Waals surface area (Å²) < 4.78 is 1.49. The SMILES string of the molecule is Cc1ccc(N(C)C(=O)c2cnc3sc(C)c(C)n3c2=O)cc1Cl. The second-order valence-corrected chi connectivity index (χ2v) is 7.23. The van der Waals surface area contributed by atoms with Crippen LogP contribution in [0.25, 0.3) is 4.96 Å². The van der Waals surface area contributed by atoms with Crippen molar-refractivity contribution >= 4 is 39.5 Å². The van der Waals surface area contributed by atoms with Crippen LogP contribution in [0.5, 0.6) is 0 Å². The zero-order valence-corrected chi connectivity index (χ0v) is 15.3. The zero-order valence-electron chi connectivity index (χ0n) is 13.8. The zero-order chi connectivity index (χ0) is 17.6. The molecule has 0 N–H and O–H groups in total. The number of aromatic nitrogens is 2. The van der Waals surface area contributed by atoms with E-state index < -0.39 is 5.91 Å². The lowest BCUT2D eigenvalue weighted by atomic mass is 10.2. The number of rotatable bonds is 2. The molecule has 3 rings (SSSR count). The van der Waals surface area contributed by atoms with E-state index in [4.69, 9.17) is 11.6 Å². The molecule has 0 unspecified atom stereocenters. The normalized spacial score (nSPS) is 11.0. The molecular formula is C17H16ClN3O2S. The Morgan fingerprint density at radius 3 is 2.67 bits per heavy atom. The number of aryl methyl sites for hydroxylation is 3. The van der Waals surface area contributed by atoms with Crippen LogP contribution in [0.15, 0.2) is 29.2 Å². The van der Waals surface area contributed by atoms with Crippen molar-refractivity contribution in [2.75, 3.05) is 11.9 Å². The Labute approximate surface area is 148 Å². The molecule has 2 heterocycles. The number of hydrogen-bond donors (Lipinski definition) is 0. The molecule has 7 heteroatoms. The highest BCUT2D eigenvalue weighted by molar-refractivity contribution is 7.17. The number of hydrogen-bond acceptors (Lipinski definition) is 4. The quantitative estimate of drug-likeness (QED) is 0.700. The van der Waals surface area contributed by atoms with Crippen LogP contribution in [0.1, 0.15) is 26.5 Å². The van der Waals surface area contributed by atoms with Gasteiger partial charge in [-0.3, -0.25) is 14.0 Å². The van der Waals surface area contributed by atoms with Crippen molar-refractivity contribution in [2.45, 2.75) is 20.8 Å². The average Bonchev–Trinajstić information content (AvgIpc) is 2.84. The fraction of sp³-hybridized carbons (Fsp3) is 0.235. The Balaban J connectivity index is 2.08. The minimum atomic E-state index is -0.412. The van der Waals surface area contributed by atoms with Gasteiger partial charge in [0.05, 0.1) is 0 Å². The van der Waals surface area contributed by atoms with Crippen molar-refractivity contribution in [3.63, 3.8) is 0 Å². The highest BCUT2D eigenvalue weighted by atomic mass is 35.5. The Morgan fingerprint density at radius 1 is 1.29 bits per heavy atom. The number of carbonyl (C=O) groups excluding carboxylic acids is 1. The smallest absolute Gasteiger partial charge is 0.271 e. The van der Waals surface area contributed by atoms with Gasteiger partial charge >= 0.3 is 0 Å². The van der Waals surface area contributed by atoms with E-state index in [1.807, 2.05) is 26.8 Å². The molecule has 0 atom stereocenters. The Kier molecular flexibility index (Phi) is 4.19. The Bertz CT molecular complexity index is 1020. The Morgan fingerprint density at radius 2 is 2.00 bits per heavy atom. The van der Waals surface area contributed by atoms with E-state index in [9.17, 15) is 9.59 Å². The van der Waals surface area contributed by atoms with Gasteiger partial charge in [-0.1, -0.05) is 17.7 Å². The fourth-order valence-corrected chi connectivity index (χ4v) is 3.52. The first-order valence-corrected chi connectivity index (χ1v) is 8.52. The fourth-order valence-electron chi connectivity index (χ4n) is 2.41. The van der Waals surface area contributed by atoms with Crippen LogP contribution in [0.4, 0.5) is 5.69 Å². The summed E-state index contributed by atoms with van der Waals surface area (Å²) in [6, 6.07) is 5.34. The lowest BCUT2D eigenvalue weighted by Crippen LogP contribution is -2.33. The molecule has 24 heavy (non-hydrogen) atoms. The molecule has 1 amide bonds. The minimum Gasteiger partial charge on any atom is -0.311 e. The first kappa shape index (κ1) is 16.7. The number of nitrogens with zero attached hydrogens (tertiary/aromatic N) is 3. The average molecular weight is 362 g/mol. The maximum Gasteiger partial charge on any atom is 0.271 e. The summed E-state index contributed by atoms with van der Waals surface area (Å²) in [6.45, 7) is 5.66. The lowest BCUT2D eigenvalue weighted by Gasteiger charge is -2.17. The molecule has 0 radical (unpaired) electrons. The summed E-state index contributed by atoms with van der Waals surface area (Å²) in [5.74, 6) is -0.412. The van der Waals surface area contributed by atoms with Crippen molar-refractivity contribution in [2.24, 2.45) is 0 Å². The van der Waals surface area contributed by atoms with Gasteiger partial charge in [-0.2, -0.15) is 0 Å². The van der Waals surface area contributed by atoms with Crippen molar-refractivity contribution in [3.05, 3.63) is 61.5 Å². The first-order chi connectivity index (χ1) is 11.3. The summed E-state index contributed by atoms with van der Waals surface area (Å²) in [7, 11) is 1.61. The topological polar surface area (TPSA) is 54.7 Å². The molecule has 0 fully saturated rings. The van der Waals surface area contributed by atoms with Crippen LogP contribution in [0.2, 0.25) is 5.02 Å². The summed E-state index contributed by atoms with van der Waals surface area (Å²) in [6.07, 6.45) is 1.35. The molecular weight excluding hydrogens is 346 g/mol. The molecule has 0 saturated heterocycles. The van der Waals surface area contributed by atoms with Gasteiger partial charge in [-0.05, 0) is 38.5 Å². The van der Waals surface area contributed by atoms with E-state index in [-0.39, 0.29) is 11.1 Å². The van der Waals surface area contributed by atoms with Gasteiger partial charge in [-0.15, -0.1) is 11.3 Å². The second kappa shape index (κ2) is 6.03. The summed E-state index contributed by atoms with van der Waals surface area (Å²) in [5, 5.41) is 0.571. The summed E-state index contributed by atoms with van der Waals surface area (Å²) in [4.78, 5) is 32.7. The second-order valence-electron chi connectivity index (χ2n) is 5.64. The number of carbonyl (C=O) groups is 1. The van der Waals surface area contributed by atoms with Gasteiger partial charge < -0.3 is 4.90 Å². The highest BCUT2D eigenvalue weighted by Crippen LogP contribution is 2.23. The van der Waals surface area contributed by atoms with Crippen molar-refractivity contribution in [1.82, 2.24) is 9.38 Å². The molecule has 0 aliphatic carbocycles. The van der Waals surface area contributed by atoms with Gasteiger partial charge in [0.1, 0.15) is 5.56 Å². The third-order valence-corrected chi connectivity index (χ3v) is 5.58. The van der Waals surface area contributed by atoms with Gasteiger partial charge in [0, 0.05) is 34.5 Å². The molecule has 0 saturated carbocycles. The molecule has 0 spiro atoms. The van der Waals surface area contributed by atoms with E-state index in [1.165, 1.54) is 26.8 Å². The van der Waals surface area contributed by atoms with Gasteiger partial charge in [0.2, 0.25) is 0 Å². The molecule has 5 nitrogen and oxygen atoms in total. The number of benzene rings is 1. The number of anilines is 1. The number of halogens is 1. The van der Waals surface area contributed by atoms with Crippen molar-refractivity contribution in [1.29, 1.82) is 0 Å². The van der Waals surface area contributed by atoms with Crippen LogP contribution >= 0.6 is 22.9 Å². The van der Waals surface area contributed by atoms with Crippen LogP contribution in [0, 0.1) is 20.8 Å². The molecule has 1 aromatic carbocycles. The van der Waals surface area contributed by atoms with Crippen LogP contribution in [-0.2, 0) is 0 Å². The van der Waals surface area contributed by atoms with Gasteiger partial charge in [0.15, 0.2) is 4.96 Å². The van der Waals surface area contributed by atoms with Gasteiger partial charge in [-0.25, -0.2) is 4.98 Å². The maximum absolute atomic E-state index is 12.8. The van der Waals surface area contributed by atoms with Crippen LogP contribution < -0.4 is 10.5 Å². The van der Waals surface area contributed by atoms with E-state index in [2.05, 4.69) is 4.98 Å². The van der Waals surface area contributed by atoms with Crippen molar-refractivity contribution in [3.8, 4) is 0 Å². The van der Waals surface area contributed by atoms with Crippen molar-refractivity contribution < 1.29 is 4.79 Å². The standard InChI is InChI=1S/C17H16ClN3O2S/c1-9-5-6-12(7-14(9)18)20(4)15(22)13-8-19-17-21(16(13)23)10(2)11(3)24-17/h5-8H,1-4H3. The lowest BCUT2D eigenvalue weighted by molar-refractivity contribution is 0.0991. The summed E-state index contributed by atoms with van der Waals surface area (Å²) in [5.41, 5.74) is 2.04. The Hall–Kier alpha value is -2.18. The third kappa shape index (κ3) is 2.61. The number of thiazole rings is 1. The van der Waals surface area contributed by atoms with E-state index >= 15 is 0 Å². The van der Waals surface area contributed by atoms with E-state index in [0.29, 0.717) is 15.7 Å². The van der Waals surface area contributed by atoms with Gasteiger partial charge in [0.25, 0.3) is 11.5 Å². The monoisotopic (exact) mass is 361 g/mol. The third-order valence-electron chi connectivity index (χ3n) is 4.10. The van der Waals surface area contributed by atoms with E-state index in [0.717, 1.165) is 16.1 Å². The molecule has 0 aliphatic heterocycles. The summed E-state index contributed by atoms with van der Waals surface area (Å²) >= 11 is 7.56. The number of fused-ring (bicyclic) bond motifs is 1. The predicted octanol–water partition coefficient (Wildman–Crippen LogP) is 3.61. The molecule has 0 bridgehead atoms. The largest absolute Gasteiger partial charge is 0.311 e. The van der Waals surface area contributed by atoms with Crippen LogP contribution in [-0.4, -0.2) is 22.3 Å². The molecule has 3 aromatic rings. The first-order valence-electron chi connectivity index (χ1n) is 7.33. The minimum absolute atomic E-state index is 0.0348. The predicted molar refractivity (Wildman–Crippen MR) is 97.7 cm³/mol. The van der Waals surface area contributed by atoms with E-state index in [1.54, 1.807) is 19.2 Å². The number of amides is 1. The highest BCUT2D eigenvalue weighted by Gasteiger charge is 2.21. The molecule has 0 aliphatic rings. The molecule has 124 valence electrons.